The molecule has 2 aromatic rings. The van der Waals surface area contributed by atoms with Crippen molar-refractivity contribution in [2.75, 3.05) is 0 Å². The third-order valence-electron chi connectivity index (χ3n) is 2.87. The molecule has 0 saturated heterocycles. The van der Waals surface area contributed by atoms with Crippen molar-refractivity contribution in [1.29, 1.82) is 0 Å². The van der Waals surface area contributed by atoms with Crippen molar-refractivity contribution < 1.29 is 9.13 Å². The second-order valence-electron chi connectivity index (χ2n) is 4.27. The number of rotatable bonds is 4. The van der Waals surface area contributed by atoms with E-state index in [0.29, 0.717) is 18.4 Å². The van der Waals surface area contributed by atoms with Gasteiger partial charge in [-0.25, -0.2) is 9.37 Å². The van der Waals surface area contributed by atoms with Gasteiger partial charge in [0.15, 0.2) is 0 Å². The molecule has 0 radical (unpaired) electrons. The van der Waals surface area contributed by atoms with E-state index >= 15 is 0 Å². The van der Waals surface area contributed by atoms with Crippen LogP contribution >= 0.6 is 0 Å². The molecule has 3 nitrogen and oxygen atoms in total. The third-order valence-corrected chi connectivity index (χ3v) is 2.87. The summed E-state index contributed by atoms with van der Waals surface area (Å²) in [6.07, 6.45) is 6.06. The highest BCUT2D eigenvalue weighted by molar-refractivity contribution is 5.22. The standard InChI is InChI=1S/C13H13FN2O/c14-10-2-1-3-13(6-10)17-8-12-7-15-9-16(12)11-4-5-11/h1-3,6-7,9,11H,4-5,8H2. The van der Waals surface area contributed by atoms with Gasteiger partial charge >= 0.3 is 0 Å². The van der Waals surface area contributed by atoms with E-state index in [1.165, 1.54) is 25.0 Å². The van der Waals surface area contributed by atoms with E-state index in [2.05, 4.69) is 9.55 Å². The second kappa shape index (κ2) is 4.20. The van der Waals surface area contributed by atoms with Crippen molar-refractivity contribution in [2.45, 2.75) is 25.5 Å². The highest BCUT2D eigenvalue weighted by atomic mass is 19.1. The van der Waals surface area contributed by atoms with Crippen LogP contribution in [0, 0.1) is 5.82 Å². The van der Waals surface area contributed by atoms with Crippen LogP contribution in [0.15, 0.2) is 36.8 Å². The van der Waals surface area contributed by atoms with Gasteiger partial charge in [0.1, 0.15) is 18.2 Å². The summed E-state index contributed by atoms with van der Waals surface area (Å²) in [6, 6.07) is 6.77. The summed E-state index contributed by atoms with van der Waals surface area (Å²) in [4.78, 5) is 4.12. The molecule has 88 valence electrons. The molecular formula is C13H13FN2O. The molecule has 0 aliphatic heterocycles. The van der Waals surface area contributed by atoms with Crippen LogP contribution in [0.4, 0.5) is 4.39 Å². The fourth-order valence-electron chi connectivity index (χ4n) is 1.84. The summed E-state index contributed by atoms with van der Waals surface area (Å²) in [7, 11) is 0. The van der Waals surface area contributed by atoms with E-state index in [-0.39, 0.29) is 5.82 Å². The molecule has 0 bridgehead atoms. The number of imidazole rings is 1. The van der Waals surface area contributed by atoms with Crippen molar-refractivity contribution in [3.63, 3.8) is 0 Å². The van der Waals surface area contributed by atoms with Crippen LogP contribution in [0.5, 0.6) is 5.75 Å². The molecule has 0 amide bonds. The van der Waals surface area contributed by atoms with Gasteiger partial charge in [-0.2, -0.15) is 0 Å². The van der Waals surface area contributed by atoms with Crippen LogP contribution in [-0.4, -0.2) is 9.55 Å². The number of ether oxygens (including phenoxy) is 1. The highest BCUT2D eigenvalue weighted by Crippen LogP contribution is 2.35. The summed E-state index contributed by atoms with van der Waals surface area (Å²) in [5, 5.41) is 0. The summed E-state index contributed by atoms with van der Waals surface area (Å²) in [5.41, 5.74) is 1.04. The summed E-state index contributed by atoms with van der Waals surface area (Å²) in [6.45, 7) is 0.431. The topological polar surface area (TPSA) is 27.1 Å². The van der Waals surface area contributed by atoms with Crippen LogP contribution in [0.3, 0.4) is 0 Å². The Bertz CT molecular complexity index is 520. The molecule has 0 spiro atoms. The number of halogens is 1. The number of hydrogen-bond acceptors (Lipinski definition) is 2. The first-order valence-corrected chi connectivity index (χ1v) is 5.72. The van der Waals surface area contributed by atoms with Gasteiger partial charge in [0.2, 0.25) is 0 Å². The van der Waals surface area contributed by atoms with Gasteiger partial charge in [-0.3, -0.25) is 0 Å². The molecule has 0 atom stereocenters. The lowest BCUT2D eigenvalue weighted by molar-refractivity contribution is 0.293. The number of hydrogen-bond donors (Lipinski definition) is 0. The molecule has 1 saturated carbocycles. The van der Waals surface area contributed by atoms with Gasteiger partial charge in [0.05, 0.1) is 18.2 Å². The summed E-state index contributed by atoms with van der Waals surface area (Å²) in [5.74, 6) is 0.270. The molecule has 1 aromatic heterocycles. The van der Waals surface area contributed by atoms with Crippen LogP contribution < -0.4 is 4.74 Å². The van der Waals surface area contributed by atoms with E-state index in [0.717, 1.165) is 5.69 Å². The smallest absolute Gasteiger partial charge is 0.130 e. The first-order valence-electron chi connectivity index (χ1n) is 5.72. The Hall–Kier alpha value is -1.84. The quantitative estimate of drug-likeness (QED) is 0.810. The molecule has 3 rings (SSSR count). The van der Waals surface area contributed by atoms with Gasteiger partial charge in [0, 0.05) is 12.1 Å². The zero-order valence-electron chi connectivity index (χ0n) is 9.34. The molecule has 1 aliphatic rings. The molecule has 1 fully saturated rings. The van der Waals surface area contributed by atoms with Crippen molar-refractivity contribution >= 4 is 0 Å². The maximum Gasteiger partial charge on any atom is 0.130 e. The fourth-order valence-corrected chi connectivity index (χ4v) is 1.84. The molecule has 17 heavy (non-hydrogen) atoms. The molecule has 1 aromatic carbocycles. The maximum atomic E-state index is 13.0. The number of nitrogens with zero attached hydrogens (tertiary/aromatic N) is 2. The Kier molecular flexibility index (Phi) is 2.55. The third kappa shape index (κ3) is 2.30. The average Bonchev–Trinajstić information content (AvgIpc) is 3.06. The van der Waals surface area contributed by atoms with Gasteiger partial charge in [-0.05, 0) is 25.0 Å². The summed E-state index contributed by atoms with van der Waals surface area (Å²) >= 11 is 0. The van der Waals surface area contributed by atoms with Crippen molar-refractivity contribution in [3.8, 4) is 5.75 Å². The second-order valence-corrected chi connectivity index (χ2v) is 4.27. The molecular weight excluding hydrogens is 219 g/mol. The lowest BCUT2D eigenvalue weighted by Crippen LogP contribution is -2.03. The van der Waals surface area contributed by atoms with Crippen molar-refractivity contribution in [3.05, 3.63) is 48.3 Å². The van der Waals surface area contributed by atoms with Gasteiger partial charge in [0.25, 0.3) is 0 Å². The molecule has 4 heteroatoms. The Morgan fingerprint density at radius 1 is 1.41 bits per heavy atom. The molecule has 0 N–H and O–H groups in total. The highest BCUT2D eigenvalue weighted by Gasteiger charge is 2.25. The number of aromatic nitrogens is 2. The predicted molar refractivity (Wildman–Crippen MR) is 61.2 cm³/mol. The predicted octanol–water partition coefficient (Wildman–Crippen LogP) is 2.94. The molecule has 0 unspecified atom stereocenters. The largest absolute Gasteiger partial charge is 0.487 e. The van der Waals surface area contributed by atoms with Gasteiger partial charge < -0.3 is 9.30 Å². The monoisotopic (exact) mass is 232 g/mol. The van der Waals surface area contributed by atoms with Crippen LogP contribution in [0.25, 0.3) is 0 Å². The van der Waals surface area contributed by atoms with E-state index in [9.17, 15) is 4.39 Å². The Balaban J connectivity index is 1.69. The Morgan fingerprint density at radius 2 is 2.29 bits per heavy atom. The molecule has 1 heterocycles. The van der Waals surface area contributed by atoms with Crippen LogP contribution in [0.1, 0.15) is 24.6 Å². The maximum absolute atomic E-state index is 13.0. The lowest BCUT2D eigenvalue weighted by Gasteiger charge is -2.08. The lowest BCUT2D eigenvalue weighted by atomic mass is 10.3. The minimum atomic E-state index is -0.279. The summed E-state index contributed by atoms with van der Waals surface area (Å²) < 4.78 is 20.6. The SMILES string of the molecule is Fc1cccc(OCc2cncn2C2CC2)c1. The first-order chi connectivity index (χ1) is 8.33. The van der Waals surface area contributed by atoms with E-state index in [4.69, 9.17) is 4.74 Å². The number of benzene rings is 1. The minimum Gasteiger partial charge on any atom is -0.487 e. The van der Waals surface area contributed by atoms with Crippen molar-refractivity contribution in [1.82, 2.24) is 9.55 Å². The van der Waals surface area contributed by atoms with E-state index < -0.39 is 0 Å². The first kappa shape index (κ1) is 10.3. The fraction of sp³-hybridized carbons (Fsp3) is 0.308. The Labute approximate surface area is 98.9 Å². The molecule has 1 aliphatic carbocycles. The van der Waals surface area contributed by atoms with Crippen LogP contribution in [-0.2, 0) is 6.61 Å². The minimum absolute atomic E-state index is 0.279. The van der Waals surface area contributed by atoms with Crippen LogP contribution in [0.2, 0.25) is 0 Å². The van der Waals surface area contributed by atoms with E-state index in [1.807, 2.05) is 6.33 Å². The zero-order chi connectivity index (χ0) is 11.7. The van der Waals surface area contributed by atoms with E-state index in [1.54, 1.807) is 18.3 Å². The average molecular weight is 232 g/mol. The Morgan fingerprint density at radius 3 is 3.06 bits per heavy atom. The zero-order valence-corrected chi connectivity index (χ0v) is 9.34. The van der Waals surface area contributed by atoms with Gasteiger partial charge in [-0.15, -0.1) is 0 Å². The normalized spacial score (nSPS) is 14.9. The van der Waals surface area contributed by atoms with Gasteiger partial charge in [-0.1, -0.05) is 6.07 Å². The van der Waals surface area contributed by atoms with Crippen molar-refractivity contribution in [2.24, 2.45) is 0 Å².